The van der Waals surface area contributed by atoms with E-state index >= 15 is 0 Å². The fourth-order valence-corrected chi connectivity index (χ4v) is 13.7. The average molecular weight is 915 g/mol. The molecule has 9 aromatic rings. The van der Waals surface area contributed by atoms with E-state index in [-0.39, 0.29) is 39.2 Å². The molecule has 0 fully saturated rings. The molecular formula is C67H71BN2. The molecule has 1 spiro atoms. The molecule has 0 N–H and O–H groups in total. The SMILES string of the molecule is CC(C)(C)c1ccc2c(c1)-c1cc(C(C)(C)C)ccc1C21c2ccc3c4c2-n2c5c(cc(C(C)(C)C)cc5c5cc(C(C)(C)C)cc1c52)B4c1ccc(C(C)(C)C)c2c4ccc(C(C)(C)C)cc4n-3c12. The molecule has 3 heteroatoms. The van der Waals surface area contributed by atoms with E-state index in [1.807, 2.05) is 0 Å². The third kappa shape index (κ3) is 5.43. The highest BCUT2D eigenvalue weighted by Gasteiger charge is 2.55. The van der Waals surface area contributed by atoms with Gasteiger partial charge >= 0.3 is 0 Å². The van der Waals surface area contributed by atoms with Gasteiger partial charge < -0.3 is 9.13 Å². The smallest absolute Gasteiger partial charge is 0.252 e. The third-order valence-corrected chi connectivity index (χ3v) is 17.6. The maximum Gasteiger partial charge on any atom is 0.252 e. The molecule has 1 aliphatic carbocycles. The van der Waals surface area contributed by atoms with Crippen LogP contribution in [0.4, 0.5) is 0 Å². The number of nitrogens with zero attached hydrogens (tertiary/aromatic N) is 2. The fraction of sp³-hybridized carbons (Fsp3) is 0.373. The van der Waals surface area contributed by atoms with Crippen LogP contribution >= 0.6 is 0 Å². The number of hydrogen-bond acceptors (Lipinski definition) is 0. The second kappa shape index (κ2) is 13.0. The molecule has 2 aromatic heterocycles. The van der Waals surface area contributed by atoms with Crippen molar-refractivity contribution < 1.29 is 0 Å². The van der Waals surface area contributed by atoms with Crippen LogP contribution in [0.5, 0.6) is 0 Å². The van der Waals surface area contributed by atoms with Gasteiger partial charge in [-0.05, 0) is 140 Å². The van der Waals surface area contributed by atoms with Crippen LogP contribution in [-0.4, -0.2) is 15.8 Å². The van der Waals surface area contributed by atoms with E-state index in [2.05, 4.69) is 237 Å². The summed E-state index contributed by atoms with van der Waals surface area (Å²) in [4.78, 5) is 0. The van der Waals surface area contributed by atoms with Gasteiger partial charge in [0.25, 0.3) is 6.71 Å². The zero-order valence-corrected chi connectivity index (χ0v) is 45.3. The molecule has 0 saturated heterocycles. The second-order valence-electron chi connectivity index (χ2n) is 28.3. The van der Waals surface area contributed by atoms with E-state index in [0.29, 0.717) is 0 Å². The summed E-state index contributed by atoms with van der Waals surface area (Å²) in [5.41, 5.74) is 28.5. The van der Waals surface area contributed by atoms with E-state index in [1.165, 1.54) is 138 Å². The van der Waals surface area contributed by atoms with Crippen LogP contribution in [0.2, 0.25) is 0 Å². The highest BCUT2D eigenvalue weighted by molar-refractivity contribution is 7.00. The van der Waals surface area contributed by atoms with E-state index in [1.54, 1.807) is 0 Å². The maximum atomic E-state index is 2.80. The summed E-state index contributed by atoms with van der Waals surface area (Å²) in [6, 6.07) is 43.3. The molecule has 2 nitrogen and oxygen atoms in total. The van der Waals surface area contributed by atoms with Gasteiger partial charge in [-0.1, -0.05) is 203 Å². The molecule has 0 bridgehead atoms. The monoisotopic (exact) mass is 915 g/mol. The zero-order chi connectivity index (χ0) is 49.7. The number of aromatic nitrogens is 2. The van der Waals surface area contributed by atoms with Gasteiger partial charge in [-0.25, -0.2) is 0 Å². The largest absolute Gasteiger partial charge is 0.310 e. The number of benzene rings is 7. The van der Waals surface area contributed by atoms with Gasteiger partial charge in [0.15, 0.2) is 0 Å². The Bertz CT molecular complexity index is 3810. The van der Waals surface area contributed by atoms with Gasteiger partial charge in [0.1, 0.15) is 0 Å². The van der Waals surface area contributed by atoms with Gasteiger partial charge in [0.2, 0.25) is 0 Å². The lowest BCUT2D eigenvalue weighted by Gasteiger charge is -2.44. The minimum absolute atomic E-state index is 0.00243. The molecule has 0 amide bonds. The van der Waals surface area contributed by atoms with E-state index in [0.717, 1.165) is 0 Å². The molecule has 0 radical (unpaired) electrons. The molecular weight excluding hydrogens is 844 g/mol. The van der Waals surface area contributed by atoms with Crippen molar-refractivity contribution in [1.29, 1.82) is 0 Å². The zero-order valence-electron chi connectivity index (χ0n) is 45.3. The van der Waals surface area contributed by atoms with Crippen molar-refractivity contribution in [2.75, 3.05) is 0 Å². The molecule has 13 rings (SSSR count). The van der Waals surface area contributed by atoms with E-state index < -0.39 is 5.41 Å². The predicted molar refractivity (Wildman–Crippen MR) is 303 cm³/mol. The summed E-state index contributed by atoms with van der Waals surface area (Å²) < 4.78 is 5.52. The maximum absolute atomic E-state index is 2.80. The standard InChI is InChI=1S/C67H71BN2/c1-61(2,3)36-20-23-46-42(29-36)43-30-37(62(4,5)6)21-24-47(43)67(46)49-26-28-53-56-59(49)70-57-44(31-39(33-50(57)67)64(10,11)12)45-32-40(65(13,14)15)34-52(58(45)70)68(56)51-27-25-48(66(16,17)18)55-41-22-19-38(63(7,8)9)35-54(41)69(53)60(51)55/h19-35H,1-18H3. The molecule has 0 atom stereocenters. The van der Waals surface area contributed by atoms with Crippen LogP contribution in [-0.2, 0) is 37.9 Å². The quantitative estimate of drug-likeness (QED) is 0.134. The van der Waals surface area contributed by atoms with Crippen LogP contribution in [0.15, 0.2) is 103 Å². The van der Waals surface area contributed by atoms with Crippen LogP contribution in [0.25, 0.3) is 66.1 Å². The summed E-state index contributed by atoms with van der Waals surface area (Å²) in [6.45, 7) is 43.0. The predicted octanol–water partition coefficient (Wildman–Crippen LogP) is 15.5. The fourth-order valence-electron chi connectivity index (χ4n) is 13.7. The molecule has 352 valence electrons. The molecule has 4 aliphatic rings. The molecule has 3 aliphatic heterocycles. The Balaban J connectivity index is 1.30. The van der Waals surface area contributed by atoms with Crippen molar-refractivity contribution in [1.82, 2.24) is 9.13 Å². The second-order valence-corrected chi connectivity index (χ2v) is 28.3. The average Bonchev–Trinajstić information content (AvgIpc) is 3.88. The summed E-state index contributed by atoms with van der Waals surface area (Å²) in [5.74, 6) is 0. The molecule has 7 aromatic carbocycles. The van der Waals surface area contributed by atoms with Gasteiger partial charge in [-0.2, -0.15) is 0 Å². The summed E-state index contributed by atoms with van der Waals surface area (Å²) in [7, 11) is 0. The first kappa shape index (κ1) is 44.2. The molecule has 0 unspecified atom stereocenters. The Labute approximate surface area is 417 Å². The number of fused-ring (bicyclic) bond motifs is 14. The van der Waals surface area contributed by atoms with Crippen molar-refractivity contribution >= 4 is 66.7 Å². The topological polar surface area (TPSA) is 9.86 Å². The number of hydrogen-bond donors (Lipinski definition) is 0. The summed E-state index contributed by atoms with van der Waals surface area (Å²) >= 11 is 0. The lowest BCUT2D eigenvalue weighted by atomic mass is 9.33. The lowest BCUT2D eigenvalue weighted by molar-refractivity contribution is 0.587. The van der Waals surface area contributed by atoms with Crippen molar-refractivity contribution in [2.24, 2.45) is 0 Å². The van der Waals surface area contributed by atoms with Crippen LogP contribution in [0.3, 0.4) is 0 Å². The van der Waals surface area contributed by atoms with Gasteiger partial charge in [-0.3, -0.25) is 0 Å². The highest BCUT2D eigenvalue weighted by Crippen LogP contribution is 2.63. The first-order chi connectivity index (χ1) is 32.5. The van der Waals surface area contributed by atoms with E-state index in [9.17, 15) is 0 Å². The van der Waals surface area contributed by atoms with Crippen LogP contribution < -0.4 is 16.4 Å². The molecule has 5 heterocycles. The van der Waals surface area contributed by atoms with Crippen LogP contribution in [0, 0.1) is 0 Å². The molecule has 70 heavy (non-hydrogen) atoms. The Morgan fingerprint density at radius 3 is 1.44 bits per heavy atom. The van der Waals surface area contributed by atoms with E-state index in [4.69, 9.17) is 0 Å². The first-order valence-electron chi connectivity index (χ1n) is 26.3. The third-order valence-electron chi connectivity index (χ3n) is 17.6. The van der Waals surface area contributed by atoms with Crippen molar-refractivity contribution in [3.05, 3.63) is 159 Å². The van der Waals surface area contributed by atoms with Gasteiger partial charge in [-0.15, -0.1) is 0 Å². The Morgan fingerprint density at radius 1 is 0.371 bits per heavy atom. The van der Waals surface area contributed by atoms with Crippen molar-refractivity contribution in [3.8, 4) is 22.5 Å². The summed E-state index contributed by atoms with van der Waals surface area (Å²) in [5, 5.41) is 5.53. The number of rotatable bonds is 0. The highest BCUT2D eigenvalue weighted by atomic mass is 15.1. The Hall–Kier alpha value is -5.80. The normalized spacial score (nSPS) is 15.7. The lowest BCUT2D eigenvalue weighted by Crippen LogP contribution is -2.60. The van der Waals surface area contributed by atoms with Gasteiger partial charge in [0, 0.05) is 44.0 Å². The Morgan fingerprint density at radius 2 is 0.886 bits per heavy atom. The minimum Gasteiger partial charge on any atom is -0.310 e. The molecule has 0 saturated carbocycles. The minimum atomic E-state index is -0.565. The van der Waals surface area contributed by atoms with Crippen molar-refractivity contribution in [2.45, 2.75) is 163 Å². The van der Waals surface area contributed by atoms with Crippen LogP contribution in [0.1, 0.15) is 180 Å². The summed E-state index contributed by atoms with van der Waals surface area (Å²) in [6.07, 6.45) is 0. The Kier molecular flexibility index (Phi) is 8.20. The van der Waals surface area contributed by atoms with Gasteiger partial charge in [0.05, 0.1) is 16.4 Å². The first-order valence-corrected chi connectivity index (χ1v) is 26.3. The van der Waals surface area contributed by atoms with Crippen molar-refractivity contribution in [3.63, 3.8) is 0 Å².